The Morgan fingerprint density at radius 2 is 2.32 bits per heavy atom. The van der Waals surface area contributed by atoms with Gasteiger partial charge in [0.2, 0.25) is 5.91 Å². The van der Waals surface area contributed by atoms with E-state index >= 15 is 0 Å². The molecule has 0 unspecified atom stereocenters. The normalized spacial score (nSPS) is 10.7. The van der Waals surface area contributed by atoms with Crippen molar-refractivity contribution < 1.29 is 4.79 Å². The molecule has 7 nitrogen and oxygen atoms in total. The molecule has 1 amide bonds. The molecular weight excluding hydrogens is 268 g/mol. The van der Waals surface area contributed by atoms with Crippen LogP contribution in [0.2, 0.25) is 5.15 Å². The molecule has 1 N–H and O–H groups in total. The van der Waals surface area contributed by atoms with E-state index in [4.69, 9.17) is 11.6 Å². The molecule has 2 heterocycles. The first-order chi connectivity index (χ1) is 9.08. The highest BCUT2D eigenvalue weighted by molar-refractivity contribution is 6.30. The molecule has 0 fully saturated rings. The predicted octanol–water partition coefficient (Wildman–Crippen LogP) is 0.658. The van der Waals surface area contributed by atoms with Gasteiger partial charge in [-0.3, -0.25) is 4.79 Å². The van der Waals surface area contributed by atoms with Gasteiger partial charge in [0.25, 0.3) is 5.78 Å². The molecule has 2 aromatic heterocycles. The van der Waals surface area contributed by atoms with Gasteiger partial charge < -0.3 is 10.2 Å². The van der Waals surface area contributed by atoms with Crippen molar-refractivity contribution in [2.45, 2.75) is 13.8 Å². The lowest BCUT2D eigenvalue weighted by atomic mass is 10.3. The summed E-state index contributed by atoms with van der Waals surface area (Å²) in [7, 11) is 1.60. The number of aromatic nitrogens is 4. The van der Waals surface area contributed by atoms with Crippen molar-refractivity contribution in [2.75, 3.05) is 25.0 Å². The molecule has 0 aromatic carbocycles. The number of fused-ring (bicyclic) bond motifs is 1. The van der Waals surface area contributed by atoms with Gasteiger partial charge in [0.15, 0.2) is 0 Å². The number of rotatable bonds is 4. The molecule has 8 heteroatoms. The molecule has 0 aliphatic carbocycles. The standard InChI is InChI=1S/C11H15ClN6O/c1-4-17(5-8(19)13-3)10-7(2)9(12)16-11-14-6-15-18(10)11/h6H,4-5H2,1-3H3,(H,13,19). The van der Waals surface area contributed by atoms with Crippen molar-refractivity contribution in [3.63, 3.8) is 0 Å². The van der Waals surface area contributed by atoms with Crippen LogP contribution < -0.4 is 10.2 Å². The van der Waals surface area contributed by atoms with Gasteiger partial charge in [-0.2, -0.15) is 19.6 Å². The van der Waals surface area contributed by atoms with E-state index in [0.717, 1.165) is 11.4 Å². The van der Waals surface area contributed by atoms with Gasteiger partial charge in [0.1, 0.15) is 17.3 Å². The van der Waals surface area contributed by atoms with Gasteiger partial charge >= 0.3 is 0 Å². The summed E-state index contributed by atoms with van der Waals surface area (Å²) in [5, 5.41) is 7.10. The van der Waals surface area contributed by atoms with Crippen LogP contribution >= 0.6 is 11.6 Å². The summed E-state index contributed by atoms with van der Waals surface area (Å²) < 4.78 is 1.59. The Bertz CT molecular complexity index is 610. The van der Waals surface area contributed by atoms with E-state index in [1.54, 1.807) is 11.6 Å². The second-order valence-electron chi connectivity index (χ2n) is 4.01. The maximum atomic E-state index is 11.6. The third-order valence-corrected chi connectivity index (χ3v) is 3.24. The minimum Gasteiger partial charge on any atom is -0.358 e. The first-order valence-corrected chi connectivity index (χ1v) is 6.27. The largest absolute Gasteiger partial charge is 0.358 e. The summed E-state index contributed by atoms with van der Waals surface area (Å²) in [6.07, 6.45) is 1.41. The number of nitrogens with zero attached hydrogens (tertiary/aromatic N) is 5. The number of halogens is 1. The summed E-state index contributed by atoms with van der Waals surface area (Å²) in [5.41, 5.74) is 0.769. The van der Waals surface area contributed by atoms with E-state index in [2.05, 4.69) is 20.4 Å². The van der Waals surface area contributed by atoms with Crippen LogP contribution in [0.15, 0.2) is 6.33 Å². The van der Waals surface area contributed by atoms with E-state index < -0.39 is 0 Å². The zero-order valence-corrected chi connectivity index (χ0v) is 11.8. The topological polar surface area (TPSA) is 75.4 Å². The van der Waals surface area contributed by atoms with E-state index in [1.807, 2.05) is 18.7 Å². The SMILES string of the molecule is CCN(CC(=O)NC)c1c(C)c(Cl)nc2ncnn12. The average Bonchev–Trinajstić information content (AvgIpc) is 2.85. The molecule has 0 aliphatic rings. The third-order valence-electron chi connectivity index (χ3n) is 2.87. The van der Waals surface area contributed by atoms with E-state index in [-0.39, 0.29) is 12.5 Å². The number of hydrogen-bond acceptors (Lipinski definition) is 5. The van der Waals surface area contributed by atoms with Crippen molar-refractivity contribution in [3.05, 3.63) is 17.0 Å². The van der Waals surface area contributed by atoms with Gasteiger partial charge in [-0.25, -0.2) is 0 Å². The van der Waals surface area contributed by atoms with Crippen molar-refractivity contribution in [2.24, 2.45) is 0 Å². The molecule has 19 heavy (non-hydrogen) atoms. The van der Waals surface area contributed by atoms with Gasteiger partial charge in [-0.15, -0.1) is 0 Å². The van der Waals surface area contributed by atoms with Crippen LogP contribution in [-0.4, -0.2) is 45.6 Å². The number of anilines is 1. The summed E-state index contributed by atoms with van der Waals surface area (Å²) in [5.74, 6) is 1.07. The monoisotopic (exact) mass is 282 g/mol. The molecule has 0 saturated heterocycles. The predicted molar refractivity (Wildman–Crippen MR) is 72.5 cm³/mol. The summed E-state index contributed by atoms with van der Waals surface area (Å²) in [6.45, 7) is 4.67. The number of amides is 1. The Labute approximate surface area is 115 Å². The maximum Gasteiger partial charge on any atom is 0.255 e. The Balaban J connectivity index is 2.54. The second kappa shape index (κ2) is 5.40. The van der Waals surface area contributed by atoms with Crippen LogP contribution in [-0.2, 0) is 4.79 Å². The molecule has 0 radical (unpaired) electrons. The Hall–Kier alpha value is -1.89. The molecular formula is C11H15ClN6O. The van der Waals surface area contributed by atoms with Crippen LogP contribution in [0, 0.1) is 6.92 Å². The smallest absolute Gasteiger partial charge is 0.255 e. The lowest BCUT2D eigenvalue weighted by Gasteiger charge is -2.24. The molecule has 0 spiro atoms. The zero-order valence-electron chi connectivity index (χ0n) is 11.0. The van der Waals surface area contributed by atoms with Crippen LogP contribution in [0.3, 0.4) is 0 Å². The number of nitrogens with one attached hydrogen (secondary N) is 1. The molecule has 0 atom stereocenters. The first kappa shape index (κ1) is 13.5. The van der Waals surface area contributed by atoms with Crippen molar-refractivity contribution in [3.8, 4) is 0 Å². The van der Waals surface area contributed by atoms with Crippen LogP contribution in [0.5, 0.6) is 0 Å². The third kappa shape index (κ3) is 2.46. The quantitative estimate of drug-likeness (QED) is 0.834. The number of carbonyl (C=O) groups is 1. The average molecular weight is 283 g/mol. The van der Waals surface area contributed by atoms with E-state index in [9.17, 15) is 4.79 Å². The van der Waals surface area contributed by atoms with E-state index in [0.29, 0.717) is 17.5 Å². The number of carbonyl (C=O) groups excluding carboxylic acids is 1. The van der Waals surface area contributed by atoms with Crippen LogP contribution in [0.25, 0.3) is 5.78 Å². The van der Waals surface area contributed by atoms with Crippen molar-refractivity contribution in [1.82, 2.24) is 24.9 Å². The Morgan fingerprint density at radius 1 is 1.58 bits per heavy atom. The fraction of sp³-hybridized carbons (Fsp3) is 0.455. The van der Waals surface area contributed by atoms with Crippen LogP contribution in [0.1, 0.15) is 12.5 Å². The molecule has 0 saturated carbocycles. The minimum atomic E-state index is -0.0811. The van der Waals surface area contributed by atoms with Gasteiger partial charge in [0, 0.05) is 19.2 Å². The van der Waals surface area contributed by atoms with E-state index in [1.165, 1.54) is 6.33 Å². The Morgan fingerprint density at radius 3 is 2.95 bits per heavy atom. The highest BCUT2D eigenvalue weighted by Gasteiger charge is 2.19. The van der Waals surface area contributed by atoms with Crippen molar-refractivity contribution in [1.29, 1.82) is 0 Å². The fourth-order valence-corrected chi connectivity index (χ4v) is 2.00. The van der Waals surface area contributed by atoms with Gasteiger partial charge in [-0.1, -0.05) is 11.6 Å². The molecule has 0 aliphatic heterocycles. The highest BCUT2D eigenvalue weighted by atomic mass is 35.5. The molecule has 2 rings (SSSR count). The molecule has 0 bridgehead atoms. The van der Waals surface area contributed by atoms with Gasteiger partial charge in [-0.05, 0) is 13.8 Å². The van der Waals surface area contributed by atoms with Crippen molar-refractivity contribution >= 4 is 29.1 Å². The molecule has 2 aromatic rings. The Kier molecular flexibility index (Phi) is 3.84. The summed E-state index contributed by atoms with van der Waals surface area (Å²) >= 11 is 6.10. The lowest BCUT2D eigenvalue weighted by Crippen LogP contribution is -2.37. The number of hydrogen-bond donors (Lipinski definition) is 1. The van der Waals surface area contributed by atoms with Crippen LogP contribution in [0.4, 0.5) is 5.82 Å². The fourth-order valence-electron chi connectivity index (χ4n) is 1.84. The first-order valence-electron chi connectivity index (χ1n) is 5.89. The second-order valence-corrected chi connectivity index (χ2v) is 4.37. The summed E-state index contributed by atoms with van der Waals surface area (Å²) in [6, 6.07) is 0. The lowest BCUT2D eigenvalue weighted by molar-refractivity contribution is -0.119. The summed E-state index contributed by atoms with van der Waals surface area (Å²) in [4.78, 5) is 21.6. The molecule has 102 valence electrons. The van der Waals surface area contributed by atoms with Gasteiger partial charge in [0.05, 0.1) is 6.54 Å². The number of likely N-dealkylation sites (N-methyl/N-ethyl adjacent to an activating group) is 2. The highest BCUT2D eigenvalue weighted by Crippen LogP contribution is 2.25. The zero-order chi connectivity index (χ0) is 14.0. The maximum absolute atomic E-state index is 11.6. The minimum absolute atomic E-state index is 0.0811.